The van der Waals surface area contributed by atoms with E-state index in [-0.39, 0.29) is 29.1 Å². The number of allylic oxidation sites excluding steroid dienone is 1. The fourth-order valence-corrected chi connectivity index (χ4v) is 6.56. The monoisotopic (exact) mass is 469 g/mol. The summed E-state index contributed by atoms with van der Waals surface area (Å²) in [7, 11) is 0. The smallest absolute Gasteiger partial charge is 0.338 e. The fraction of sp³-hybridized carbons (Fsp3) is 0.227. The van der Waals surface area contributed by atoms with E-state index in [1.165, 1.54) is 27.2 Å². The minimum absolute atomic E-state index is 0.0601. The summed E-state index contributed by atoms with van der Waals surface area (Å²) in [6.45, 7) is 5.86. The molecule has 4 heterocycles. The lowest BCUT2D eigenvalue weighted by molar-refractivity contribution is -0.136. The first kappa shape index (κ1) is 21.3. The summed E-state index contributed by atoms with van der Waals surface area (Å²) in [6, 6.07) is 9.88. The summed E-state index contributed by atoms with van der Waals surface area (Å²) in [5.74, 6) is -1.16. The van der Waals surface area contributed by atoms with Crippen LogP contribution in [-0.2, 0) is 9.53 Å². The van der Waals surface area contributed by atoms with Gasteiger partial charge in [0.15, 0.2) is 0 Å². The van der Waals surface area contributed by atoms with E-state index in [9.17, 15) is 14.9 Å². The summed E-state index contributed by atoms with van der Waals surface area (Å²) in [5, 5.41) is 9.92. The summed E-state index contributed by atoms with van der Waals surface area (Å²) in [4.78, 5) is 30.2. The number of carbonyl (C=O) groups is 1. The lowest BCUT2D eigenvalue weighted by Gasteiger charge is -2.23. The number of esters is 1. The van der Waals surface area contributed by atoms with Crippen molar-refractivity contribution in [3.8, 4) is 6.07 Å². The van der Waals surface area contributed by atoms with Crippen molar-refractivity contribution in [2.45, 2.75) is 26.7 Å². The highest BCUT2D eigenvalue weighted by molar-refractivity contribution is 7.13. The molecule has 1 atom stereocenters. The standard InChI is InChI=1S/C22H19N3O3S3/c1-4-28-22(27)18-17(15-8-6-12(3)30-15)14(10-23)19(24)25-20(26)16(31-21(18)25)9-13-7-5-11(2)29-13/h5-9,17H,4,24H2,1-3H3/b16-9-/t17-/m0/s1. The zero-order valence-corrected chi connectivity index (χ0v) is 19.5. The van der Waals surface area contributed by atoms with E-state index in [0.717, 1.165) is 19.5 Å². The number of thiophene rings is 2. The molecule has 6 nitrogen and oxygen atoms in total. The first-order valence-corrected chi connectivity index (χ1v) is 12.0. The van der Waals surface area contributed by atoms with E-state index in [4.69, 9.17) is 10.5 Å². The Kier molecular flexibility index (Phi) is 5.71. The molecule has 0 aromatic carbocycles. The maximum atomic E-state index is 13.2. The molecule has 9 heteroatoms. The third kappa shape index (κ3) is 3.67. The van der Waals surface area contributed by atoms with Crippen LogP contribution in [0.15, 0.2) is 34.6 Å². The van der Waals surface area contributed by atoms with Crippen LogP contribution >= 0.6 is 34.0 Å². The average Bonchev–Trinajstić information content (AvgIpc) is 3.42. The van der Waals surface area contributed by atoms with Crippen molar-refractivity contribution in [2.24, 2.45) is 5.73 Å². The molecule has 4 rings (SSSR count). The van der Waals surface area contributed by atoms with Gasteiger partial charge < -0.3 is 10.5 Å². The van der Waals surface area contributed by atoms with Gasteiger partial charge in [0.1, 0.15) is 10.5 Å². The van der Waals surface area contributed by atoms with E-state index in [1.807, 2.05) is 38.1 Å². The van der Waals surface area contributed by atoms with Crippen LogP contribution in [0.3, 0.4) is 0 Å². The predicted molar refractivity (Wildman–Crippen MR) is 125 cm³/mol. The molecule has 0 fully saturated rings. The molecule has 0 amide bonds. The number of carbonyl (C=O) groups excluding carboxylic acids is 1. The highest BCUT2D eigenvalue weighted by atomic mass is 32.1. The zero-order valence-electron chi connectivity index (χ0n) is 17.1. The zero-order chi connectivity index (χ0) is 22.3. The second-order valence-corrected chi connectivity index (χ2v) is 10.6. The maximum Gasteiger partial charge on any atom is 0.338 e. The number of hydrogen-bond donors (Lipinski definition) is 1. The molecular weight excluding hydrogens is 450 g/mol. The van der Waals surface area contributed by atoms with Crippen molar-refractivity contribution in [1.29, 1.82) is 5.26 Å². The fourth-order valence-electron chi connectivity index (χ4n) is 3.51. The van der Waals surface area contributed by atoms with Gasteiger partial charge in [-0.3, -0.25) is 9.36 Å². The van der Waals surface area contributed by atoms with Gasteiger partial charge in [-0.05, 0) is 51.1 Å². The van der Waals surface area contributed by atoms with Crippen LogP contribution in [-0.4, -0.2) is 17.1 Å². The van der Waals surface area contributed by atoms with E-state index >= 15 is 0 Å². The maximum absolute atomic E-state index is 13.2. The Morgan fingerprint density at radius 2 is 1.94 bits per heavy atom. The van der Waals surface area contributed by atoms with Gasteiger partial charge in [0.25, 0.3) is 5.56 Å². The highest BCUT2D eigenvalue weighted by Gasteiger charge is 2.37. The quantitative estimate of drug-likeness (QED) is 0.593. The van der Waals surface area contributed by atoms with Crippen LogP contribution in [0, 0.1) is 25.2 Å². The van der Waals surface area contributed by atoms with Gasteiger partial charge in [-0.2, -0.15) is 5.26 Å². The lowest BCUT2D eigenvalue weighted by Crippen LogP contribution is -2.40. The Morgan fingerprint density at radius 3 is 2.52 bits per heavy atom. The Balaban J connectivity index is 2.10. The summed E-state index contributed by atoms with van der Waals surface area (Å²) < 4.78 is 7.47. The molecule has 0 unspecified atom stereocenters. The van der Waals surface area contributed by atoms with Crippen LogP contribution in [0.5, 0.6) is 0 Å². The van der Waals surface area contributed by atoms with E-state index in [2.05, 4.69) is 6.07 Å². The predicted octanol–water partition coefficient (Wildman–Crippen LogP) is 2.64. The number of aryl methyl sites for hydroxylation is 2. The minimum atomic E-state index is -0.669. The van der Waals surface area contributed by atoms with E-state index in [0.29, 0.717) is 9.20 Å². The number of thiazole rings is 1. The second-order valence-electron chi connectivity index (χ2n) is 6.93. The number of nitrogens with two attached hydrogens (primary N) is 1. The Morgan fingerprint density at radius 1 is 1.23 bits per heavy atom. The lowest BCUT2D eigenvalue weighted by atomic mass is 9.88. The van der Waals surface area contributed by atoms with Crippen LogP contribution in [0.1, 0.15) is 32.4 Å². The van der Waals surface area contributed by atoms with Crippen molar-refractivity contribution in [1.82, 2.24) is 4.57 Å². The van der Waals surface area contributed by atoms with E-state index in [1.54, 1.807) is 24.3 Å². The van der Waals surface area contributed by atoms with Crippen LogP contribution in [0.4, 0.5) is 0 Å². The first-order valence-electron chi connectivity index (χ1n) is 9.53. The van der Waals surface area contributed by atoms with Crippen LogP contribution in [0.2, 0.25) is 0 Å². The van der Waals surface area contributed by atoms with Crippen molar-refractivity contribution in [3.05, 3.63) is 68.9 Å². The number of nitrogens with zero attached hydrogens (tertiary/aromatic N) is 2. The minimum Gasteiger partial charge on any atom is -0.463 e. The van der Waals surface area contributed by atoms with Crippen LogP contribution in [0.25, 0.3) is 17.5 Å². The first-order chi connectivity index (χ1) is 14.8. The van der Waals surface area contributed by atoms with Gasteiger partial charge in [-0.15, -0.1) is 34.0 Å². The molecule has 158 valence electrons. The van der Waals surface area contributed by atoms with Gasteiger partial charge in [-0.25, -0.2) is 4.79 Å². The number of hydrogen-bond acceptors (Lipinski definition) is 8. The molecule has 1 aliphatic rings. The molecule has 31 heavy (non-hydrogen) atoms. The number of rotatable bonds is 4. The van der Waals surface area contributed by atoms with Gasteiger partial charge in [-0.1, -0.05) is 0 Å². The Labute approximate surface area is 190 Å². The summed E-state index contributed by atoms with van der Waals surface area (Å²) in [6.07, 6.45) is 1.79. The third-order valence-electron chi connectivity index (χ3n) is 4.84. The van der Waals surface area contributed by atoms with Gasteiger partial charge in [0.2, 0.25) is 0 Å². The number of ether oxygens (including phenoxy) is 1. The summed E-state index contributed by atoms with van der Waals surface area (Å²) in [5.41, 5.74) is 6.44. The Hall–Kier alpha value is -2.93. The normalized spacial score (nSPS) is 16.4. The molecule has 0 aliphatic carbocycles. The molecule has 0 bridgehead atoms. The Bertz CT molecular complexity index is 1440. The van der Waals surface area contributed by atoms with Crippen molar-refractivity contribution >= 4 is 57.4 Å². The molecule has 1 aliphatic heterocycles. The molecular formula is C22H19N3O3S3. The van der Waals surface area contributed by atoms with Crippen molar-refractivity contribution in [3.63, 3.8) is 0 Å². The van der Waals surface area contributed by atoms with Crippen molar-refractivity contribution < 1.29 is 9.53 Å². The number of aromatic nitrogens is 1. The summed E-state index contributed by atoms with van der Waals surface area (Å²) >= 11 is 4.25. The van der Waals surface area contributed by atoms with Crippen LogP contribution < -0.4 is 20.5 Å². The molecule has 0 spiro atoms. The largest absolute Gasteiger partial charge is 0.463 e. The molecule has 0 radical (unpaired) electrons. The third-order valence-corrected chi connectivity index (χ3v) is 7.97. The van der Waals surface area contributed by atoms with E-state index < -0.39 is 11.9 Å². The molecule has 2 N–H and O–H groups in total. The molecule has 3 aromatic rings. The van der Waals surface area contributed by atoms with Crippen molar-refractivity contribution in [2.75, 3.05) is 6.61 Å². The molecule has 3 aromatic heterocycles. The molecule has 0 saturated carbocycles. The second kappa shape index (κ2) is 8.30. The van der Waals surface area contributed by atoms with Gasteiger partial charge >= 0.3 is 5.97 Å². The van der Waals surface area contributed by atoms with Gasteiger partial charge in [0.05, 0.1) is 34.3 Å². The molecule has 0 saturated heterocycles. The highest BCUT2D eigenvalue weighted by Crippen LogP contribution is 2.39. The topological polar surface area (TPSA) is 98.1 Å². The SMILES string of the molecule is CCOC(=O)C1=c2s/c(=C\c3ccc(C)s3)c(=O)n2C(N)=C(C#N)[C@H]1c1ccc(C)s1. The number of fused-ring (bicyclic) bond motifs is 1. The van der Waals surface area contributed by atoms with Gasteiger partial charge in [0, 0.05) is 19.5 Å². The average molecular weight is 470 g/mol. The number of nitriles is 1.